The van der Waals surface area contributed by atoms with Gasteiger partial charge in [0.2, 0.25) is 0 Å². The molecule has 0 N–H and O–H groups in total. The number of ether oxygens (including phenoxy) is 1. The summed E-state index contributed by atoms with van der Waals surface area (Å²) in [6.07, 6.45) is 9.63. The van der Waals surface area contributed by atoms with Crippen molar-refractivity contribution in [3.63, 3.8) is 0 Å². The van der Waals surface area contributed by atoms with Gasteiger partial charge in [0, 0.05) is 0 Å². The first-order chi connectivity index (χ1) is 7.13. The maximum Gasteiger partial charge on any atom is 0.119 e. The minimum atomic E-state index is 0.330. The van der Waals surface area contributed by atoms with Crippen LogP contribution in [0.25, 0.3) is 0 Å². The average Bonchev–Trinajstić information content (AvgIpc) is 2.16. The lowest BCUT2D eigenvalue weighted by molar-refractivity contribution is 0.112. The van der Waals surface area contributed by atoms with Crippen molar-refractivity contribution in [2.45, 2.75) is 53.1 Å². The minimum absolute atomic E-state index is 0.330. The summed E-state index contributed by atoms with van der Waals surface area (Å²) in [4.78, 5) is 0. The first-order valence-corrected chi connectivity index (χ1v) is 5.80. The summed E-state index contributed by atoms with van der Waals surface area (Å²) < 4.78 is 5.90. The molecule has 0 aliphatic heterocycles. The van der Waals surface area contributed by atoms with Gasteiger partial charge in [0.1, 0.15) is 5.76 Å². The zero-order chi connectivity index (χ0) is 11.7. The third-order valence-corrected chi connectivity index (χ3v) is 2.09. The van der Waals surface area contributed by atoms with Crippen molar-refractivity contribution in [1.29, 1.82) is 0 Å². The van der Waals surface area contributed by atoms with Crippen LogP contribution in [0.4, 0.5) is 0 Å². The van der Waals surface area contributed by atoms with Crippen LogP contribution in [0.15, 0.2) is 36.1 Å². The second-order valence-electron chi connectivity index (χ2n) is 3.83. The highest BCUT2D eigenvalue weighted by Gasteiger charge is 2.06. The molecule has 0 fully saturated rings. The van der Waals surface area contributed by atoms with Crippen LogP contribution < -0.4 is 0 Å². The second kappa shape index (κ2) is 8.34. The van der Waals surface area contributed by atoms with Crippen LogP contribution >= 0.6 is 0 Å². The molecule has 0 radical (unpaired) electrons. The van der Waals surface area contributed by atoms with E-state index in [1.165, 1.54) is 0 Å². The molecule has 0 bridgehead atoms. The highest BCUT2D eigenvalue weighted by atomic mass is 16.5. The topological polar surface area (TPSA) is 9.23 Å². The maximum atomic E-state index is 5.90. The molecule has 0 spiro atoms. The molecule has 0 amide bonds. The summed E-state index contributed by atoms with van der Waals surface area (Å²) in [5, 5.41) is 0. The highest BCUT2D eigenvalue weighted by molar-refractivity contribution is 5.22. The van der Waals surface area contributed by atoms with Gasteiger partial charge in [-0.05, 0) is 38.8 Å². The first kappa shape index (κ1) is 14.0. The smallest absolute Gasteiger partial charge is 0.119 e. The fourth-order valence-corrected chi connectivity index (χ4v) is 1.39. The zero-order valence-electron chi connectivity index (χ0n) is 10.5. The SMILES string of the molecule is C=C(C)/C=C(\C=C/C)OC(CC)CCC. The fraction of sp³-hybridized carbons (Fsp3) is 0.571. The lowest BCUT2D eigenvalue weighted by atomic mass is 10.1. The van der Waals surface area contributed by atoms with E-state index < -0.39 is 0 Å². The molecule has 0 rings (SSSR count). The molecule has 86 valence electrons. The van der Waals surface area contributed by atoms with Crippen molar-refractivity contribution in [2.75, 3.05) is 0 Å². The number of rotatable bonds is 7. The Hall–Kier alpha value is -0.980. The average molecular weight is 208 g/mol. The molecule has 0 heterocycles. The molecule has 0 aromatic carbocycles. The van der Waals surface area contributed by atoms with E-state index in [2.05, 4.69) is 20.4 Å². The van der Waals surface area contributed by atoms with Crippen LogP contribution in [0.2, 0.25) is 0 Å². The highest BCUT2D eigenvalue weighted by Crippen LogP contribution is 2.14. The first-order valence-electron chi connectivity index (χ1n) is 5.80. The Balaban J connectivity index is 4.44. The molecule has 1 heteroatoms. The Morgan fingerprint density at radius 2 is 2.07 bits per heavy atom. The summed E-state index contributed by atoms with van der Waals surface area (Å²) in [6.45, 7) is 12.2. The van der Waals surface area contributed by atoms with Crippen LogP contribution in [-0.4, -0.2) is 6.10 Å². The van der Waals surface area contributed by atoms with Crippen molar-refractivity contribution in [2.24, 2.45) is 0 Å². The summed E-state index contributed by atoms with van der Waals surface area (Å²) in [5.74, 6) is 0.922. The van der Waals surface area contributed by atoms with E-state index in [1.807, 2.05) is 32.1 Å². The van der Waals surface area contributed by atoms with Gasteiger partial charge < -0.3 is 4.74 Å². The molecule has 0 saturated heterocycles. The molecule has 0 aromatic rings. The molecule has 1 nitrogen and oxygen atoms in total. The summed E-state index contributed by atoms with van der Waals surface area (Å²) in [5.41, 5.74) is 1.02. The standard InChI is InChI=1S/C14H24O/c1-6-9-13(8-3)15-14(10-7-2)11-12(4)5/h7,10-11,13H,4,6,8-9H2,1-3,5H3/b10-7-,14-11+. The molecular formula is C14H24O. The van der Waals surface area contributed by atoms with Crippen LogP contribution in [0, 0.1) is 0 Å². The van der Waals surface area contributed by atoms with Crippen LogP contribution in [0.3, 0.4) is 0 Å². The van der Waals surface area contributed by atoms with E-state index in [0.29, 0.717) is 6.10 Å². The van der Waals surface area contributed by atoms with Crippen LogP contribution in [-0.2, 0) is 4.74 Å². The van der Waals surface area contributed by atoms with Gasteiger partial charge >= 0.3 is 0 Å². The van der Waals surface area contributed by atoms with Crippen LogP contribution in [0.1, 0.15) is 47.0 Å². The van der Waals surface area contributed by atoms with Crippen molar-refractivity contribution in [3.05, 3.63) is 36.1 Å². The number of hydrogen-bond acceptors (Lipinski definition) is 1. The quantitative estimate of drug-likeness (QED) is 0.438. The van der Waals surface area contributed by atoms with Gasteiger partial charge in [0.25, 0.3) is 0 Å². The molecule has 0 saturated carbocycles. The van der Waals surface area contributed by atoms with E-state index >= 15 is 0 Å². The largest absolute Gasteiger partial charge is 0.490 e. The van der Waals surface area contributed by atoms with E-state index in [9.17, 15) is 0 Å². The lowest BCUT2D eigenvalue weighted by Crippen LogP contribution is -2.10. The van der Waals surface area contributed by atoms with Crippen LogP contribution in [0.5, 0.6) is 0 Å². The minimum Gasteiger partial charge on any atom is -0.490 e. The van der Waals surface area contributed by atoms with E-state index in [4.69, 9.17) is 4.74 Å². The Bertz CT molecular complexity index is 236. The van der Waals surface area contributed by atoms with Crippen molar-refractivity contribution < 1.29 is 4.74 Å². The van der Waals surface area contributed by atoms with E-state index in [0.717, 1.165) is 30.6 Å². The summed E-state index contributed by atoms with van der Waals surface area (Å²) in [6, 6.07) is 0. The predicted octanol–water partition coefficient (Wildman–Crippen LogP) is 4.62. The summed E-state index contributed by atoms with van der Waals surface area (Å²) in [7, 11) is 0. The third kappa shape index (κ3) is 7.01. The lowest BCUT2D eigenvalue weighted by Gasteiger charge is -2.17. The summed E-state index contributed by atoms with van der Waals surface area (Å²) >= 11 is 0. The van der Waals surface area contributed by atoms with Crippen molar-refractivity contribution in [3.8, 4) is 0 Å². The van der Waals surface area contributed by atoms with Gasteiger partial charge in [-0.25, -0.2) is 0 Å². The fourth-order valence-electron chi connectivity index (χ4n) is 1.39. The van der Waals surface area contributed by atoms with Gasteiger partial charge in [0.05, 0.1) is 6.10 Å². The molecule has 1 unspecified atom stereocenters. The van der Waals surface area contributed by atoms with Gasteiger partial charge in [-0.2, -0.15) is 0 Å². The molecular weight excluding hydrogens is 184 g/mol. The normalized spacial score (nSPS) is 14.3. The van der Waals surface area contributed by atoms with E-state index in [-0.39, 0.29) is 0 Å². The number of allylic oxidation sites excluding steroid dienone is 4. The molecule has 0 aromatic heterocycles. The van der Waals surface area contributed by atoms with E-state index in [1.54, 1.807) is 0 Å². The second-order valence-corrected chi connectivity index (χ2v) is 3.83. The van der Waals surface area contributed by atoms with Gasteiger partial charge in [0.15, 0.2) is 0 Å². The third-order valence-electron chi connectivity index (χ3n) is 2.09. The van der Waals surface area contributed by atoms with Crippen molar-refractivity contribution in [1.82, 2.24) is 0 Å². The maximum absolute atomic E-state index is 5.90. The molecule has 15 heavy (non-hydrogen) atoms. The zero-order valence-corrected chi connectivity index (χ0v) is 10.5. The predicted molar refractivity (Wildman–Crippen MR) is 67.8 cm³/mol. The Morgan fingerprint density at radius 3 is 2.47 bits per heavy atom. The Morgan fingerprint density at radius 1 is 1.40 bits per heavy atom. The molecule has 0 aliphatic carbocycles. The van der Waals surface area contributed by atoms with Gasteiger partial charge in [-0.1, -0.05) is 38.5 Å². The Kier molecular flexibility index (Phi) is 7.79. The van der Waals surface area contributed by atoms with Gasteiger partial charge in [-0.15, -0.1) is 0 Å². The number of hydrogen-bond donors (Lipinski definition) is 0. The van der Waals surface area contributed by atoms with Crippen molar-refractivity contribution >= 4 is 0 Å². The molecule has 1 atom stereocenters. The van der Waals surface area contributed by atoms with Gasteiger partial charge in [-0.3, -0.25) is 0 Å². The Labute approximate surface area is 94.5 Å². The monoisotopic (exact) mass is 208 g/mol. The molecule has 0 aliphatic rings.